The van der Waals surface area contributed by atoms with Crippen molar-refractivity contribution in [2.75, 3.05) is 37.6 Å². The Morgan fingerprint density at radius 1 is 0.782 bits per heavy atom. The van der Waals surface area contributed by atoms with Crippen LogP contribution in [0, 0.1) is 6.92 Å². The summed E-state index contributed by atoms with van der Waals surface area (Å²) in [5.41, 5.74) is 6.57. The Labute approximate surface area is 321 Å². The van der Waals surface area contributed by atoms with Gasteiger partial charge in [-0.15, -0.1) is 0 Å². The molecule has 1 aliphatic heterocycles. The number of aryl methyl sites for hydroxylation is 1. The van der Waals surface area contributed by atoms with Crippen LogP contribution in [-0.2, 0) is 23.2 Å². The fourth-order valence-corrected chi connectivity index (χ4v) is 8.33. The summed E-state index contributed by atoms with van der Waals surface area (Å²) in [6.45, 7) is 8.79. The third-order valence-corrected chi connectivity index (χ3v) is 11.6. The molecule has 1 N–H and O–H groups in total. The Bertz CT molecular complexity index is 2510. The minimum atomic E-state index is -3.97. The van der Waals surface area contributed by atoms with Crippen molar-refractivity contribution in [3.63, 3.8) is 0 Å². The number of fused-ring (bicyclic) bond motifs is 1. The van der Waals surface area contributed by atoms with Gasteiger partial charge in [-0.05, 0) is 67.4 Å². The zero-order valence-corrected chi connectivity index (χ0v) is 31.7. The molecule has 1 fully saturated rings. The van der Waals surface area contributed by atoms with E-state index in [0.717, 1.165) is 71.1 Å². The van der Waals surface area contributed by atoms with Gasteiger partial charge in [0.25, 0.3) is 10.0 Å². The van der Waals surface area contributed by atoms with Gasteiger partial charge in [-0.3, -0.25) is 9.58 Å². The maximum Gasteiger partial charge on any atom is 0.269 e. The monoisotopic (exact) mass is 753 g/mol. The molecule has 0 saturated carbocycles. The third-order valence-electron chi connectivity index (χ3n) is 9.93. The Morgan fingerprint density at radius 2 is 1.55 bits per heavy atom. The lowest BCUT2D eigenvalue weighted by Crippen LogP contribution is -2.48. The number of benzene rings is 3. The first-order chi connectivity index (χ1) is 26.7. The van der Waals surface area contributed by atoms with Gasteiger partial charge in [-0.1, -0.05) is 60.2 Å². The molecule has 280 valence electrons. The lowest BCUT2D eigenvalue weighted by molar-refractivity contribution is 0.122. The number of hydrogen-bond donors (Lipinski definition) is 1. The molecule has 12 heteroatoms. The molecular formula is C43H43N7O4S. The van der Waals surface area contributed by atoms with Gasteiger partial charge in [-0.25, -0.2) is 22.4 Å². The first kappa shape index (κ1) is 36.2. The van der Waals surface area contributed by atoms with Crippen LogP contribution in [0.1, 0.15) is 23.6 Å². The second-order valence-electron chi connectivity index (χ2n) is 14.1. The van der Waals surface area contributed by atoms with Gasteiger partial charge in [0.2, 0.25) is 0 Å². The van der Waals surface area contributed by atoms with Gasteiger partial charge in [0.15, 0.2) is 5.65 Å². The second kappa shape index (κ2) is 15.5. The molecule has 5 heterocycles. The Kier molecular flexibility index (Phi) is 10.2. The normalized spacial score (nSPS) is 14.3. The molecule has 1 aliphatic rings. The number of aromatic nitrogens is 5. The molecule has 55 heavy (non-hydrogen) atoms. The first-order valence-corrected chi connectivity index (χ1v) is 19.9. The summed E-state index contributed by atoms with van der Waals surface area (Å²) in [4.78, 5) is 14.3. The summed E-state index contributed by atoms with van der Waals surface area (Å²) in [6, 6.07) is 30.9. The van der Waals surface area contributed by atoms with Crippen LogP contribution in [-0.4, -0.2) is 81.0 Å². The van der Waals surface area contributed by atoms with Gasteiger partial charge >= 0.3 is 0 Å². The van der Waals surface area contributed by atoms with E-state index in [1.807, 2.05) is 104 Å². The molecule has 7 aromatic rings. The average molecular weight is 754 g/mol. The molecule has 4 aromatic heterocycles. The summed E-state index contributed by atoms with van der Waals surface area (Å²) in [5, 5.41) is 15.1. The molecule has 3 aromatic carbocycles. The predicted molar refractivity (Wildman–Crippen MR) is 215 cm³/mol. The number of aliphatic hydroxyl groups is 1. The highest BCUT2D eigenvalue weighted by Crippen LogP contribution is 2.35. The van der Waals surface area contributed by atoms with Crippen molar-refractivity contribution in [3.8, 4) is 28.0 Å². The number of nitrogens with zero attached hydrogens (tertiary/aromatic N) is 7. The molecule has 0 bridgehead atoms. The van der Waals surface area contributed by atoms with E-state index in [-0.39, 0.29) is 11.0 Å². The van der Waals surface area contributed by atoms with Crippen LogP contribution >= 0.6 is 0 Å². The zero-order valence-electron chi connectivity index (χ0n) is 30.9. The molecule has 11 nitrogen and oxygen atoms in total. The lowest BCUT2D eigenvalue weighted by atomic mass is 10.1. The van der Waals surface area contributed by atoms with E-state index in [0.29, 0.717) is 36.3 Å². The van der Waals surface area contributed by atoms with Crippen molar-refractivity contribution in [1.29, 1.82) is 0 Å². The molecular weight excluding hydrogens is 711 g/mol. The van der Waals surface area contributed by atoms with Crippen molar-refractivity contribution < 1.29 is 18.3 Å². The number of pyridine rings is 2. The van der Waals surface area contributed by atoms with Crippen molar-refractivity contribution in [1.82, 2.24) is 28.6 Å². The van der Waals surface area contributed by atoms with Crippen molar-refractivity contribution in [2.45, 2.75) is 38.0 Å². The SMILES string of the molecule is Cc1ccc(S(=O)(=O)n2cc(-c3cnn(Cc4cccc(OCc5ccccc5)c4)c3)c3cc(-c4ccc(N5CCN(CC(C)O)CC5)nc4)cnc32)cc1. The van der Waals surface area contributed by atoms with E-state index >= 15 is 0 Å². The van der Waals surface area contributed by atoms with E-state index < -0.39 is 10.0 Å². The summed E-state index contributed by atoms with van der Waals surface area (Å²) in [5.74, 6) is 1.67. The maximum atomic E-state index is 14.1. The van der Waals surface area contributed by atoms with Crippen LogP contribution < -0.4 is 9.64 Å². The Hall–Kier alpha value is -5.82. The van der Waals surface area contributed by atoms with Gasteiger partial charge in [0.1, 0.15) is 18.2 Å². The molecule has 1 unspecified atom stereocenters. The van der Waals surface area contributed by atoms with Crippen LogP contribution in [0.4, 0.5) is 5.82 Å². The second-order valence-corrected chi connectivity index (χ2v) is 16.0. The summed E-state index contributed by atoms with van der Waals surface area (Å²) >= 11 is 0. The molecule has 0 amide bonds. The van der Waals surface area contributed by atoms with E-state index in [4.69, 9.17) is 14.7 Å². The smallest absolute Gasteiger partial charge is 0.269 e. The van der Waals surface area contributed by atoms with Gasteiger partial charge in [-0.2, -0.15) is 5.10 Å². The van der Waals surface area contributed by atoms with Gasteiger partial charge < -0.3 is 14.7 Å². The van der Waals surface area contributed by atoms with E-state index in [2.05, 4.69) is 14.9 Å². The van der Waals surface area contributed by atoms with Gasteiger partial charge in [0, 0.05) is 85.2 Å². The largest absolute Gasteiger partial charge is 0.489 e. The maximum absolute atomic E-state index is 14.1. The van der Waals surface area contributed by atoms with Crippen LogP contribution in [0.2, 0.25) is 0 Å². The predicted octanol–water partition coefficient (Wildman–Crippen LogP) is 6.64. The lowest BCUT2D eigenvalue weighted by Gasteiger charge is -2.35. The van der Waals surface area contributed by atoms with Crippen molar-refractivity contribution >= 4 is 26.9 Å². The number of hydrogen-bond acceptors (Lipinski definition) is 9. The van der Waals surface area contributed by atoms with Crippen LogP contribution in [0.15, 0.2) is 133 Å². The highest BCUT2D eigenvalue weighted by Gasteiger charge is 2.24. The van der Waals surface area contributed by atoms with E-state index in [9.17, 15) is 13.5 Å². The van der Waals surface area contributed by atoms with Crippen molar-refractivity contribution in [2.24, 2.45) is 0 Å². The molecule has 1 saturated heterocycles. The van der Waals surface area contributed by atoms with Gasteiger partial charge in [0.05, 0.1) is 23.7 Å². The number of aliphatic hydroxyl groups excluding tert-OH is 1. The Morgan fingerprint density at radius 3 is 2.29 bits per heavy atom. The molecule has 8 rings (SSSR count). The number of ether oxygens (including phenoxy) is 1. The topological polar surface area (TPSA) is 119 Å². The molecule has 1 atom stereocenters. The van der Waals surface area contributed by atoms with E-state index in [1.165, 1.54) is 3.97 Å². The number of piperazine rings is 1. The molecule has 0 aliphatic carbocycles. The van der Waals surface area contributed by atoms with Crippen LogP contribution in [0.5, 0.6) is 5.75 Å². The summed E-state index contributed by atoms with van der Waals surface area (Å²) < 4.78 is 37.4. The zero-order chi connectivity index (χ0) is 37.9. The molecule has 0 spiro atoms. The average Bonchev–Trinajstić information content (AvgIpc) is 3.83. The third kappa shape index (κ3) is 8.02. The highest BCUT2D eigenvalue weighted by atomic mass is 32.2. The number of rotatable bonds is 12. The minimum absolute atomic E-state index is 0.184. The van der Waals surface area contributed by atoms with Crippen LogP contribution in [0.25, 0.3) is 33.3 Å². The molecule has 0 radical (unpaired) electrons. The first-order valence-electron chi connectivity index (χ1n) is 18.4. The number of β-amino-alcohol motifs (C(OH)–C–C–N with tert-alkyl or cyclic N) is 1. The highest BCUT2D eigenvalue weighted by molar-refractivity contribution is 7.90. The fraction of sp³-hybridized carbons (Fsp3) is 0.233. The number of anilines is 1. The standard InChI is InChI=1S/C43H43N7O4S/c1-31-11-14-39(15-12-31)55(52,53)50-29-41(37-25-46-49(28-37)27-34-9-6-10-38(21-34)54-30-33-7-4-3-5-8-33)40-22-36(24-45-43(40)50)35-13-16-42(44-23-35)48-19-17-47(18-20-48)26-32(2)51/h3-16,21-25,28-29,32,51H,17-20,26-27,30H2,1-2H3. The van der Waals surface area contributed by atoms with Crippen molar-refractivity contribution in [3.05, 3.63) is 145 Å². The minimum Gasteiger partial charge on any atom is -0.489 e. The fourth-order valence-electron chi connectivity index (χ4n) is 7.00. The summed E-state index contributed by atoms with van der Waals surface area (Å²) in [6.07, 6.45) is 8.54. The van der Waals surface area contributed by atoms with Crippen LogP contribution in [0.3, 0.4) is 0 Å². The summed E-state index contributed by atoms with van der Waals surface area (Å²) in [7, 11) is -3.97. The Balaban J connectivity index is 1.09. The van der Waals surface area contributed by atoms with E-state index in [1.54, 1.807) is 42.9 Å². The quantitative estimate of drug-likeness (QED) is 0.147.